The average molecular weight is 182 g/mol. The number of carbonyl (C=O) groups is 1. The third kappa shape index (κ3) is 4.04. The van der Waals surface area contributed by atoms with Gasteiger partial charge in [0.15, 0.2) is 6.10 Å². The summed E-state index contributed by atoms with van der Waals surface area (Å²) < 4.78 is 23.7. The molecule has 0 aliphatic carbocycles. The zero-order valence-electron chi connectivity index (χ0n) is 5.72. The maximum Gasteiger partial charge on any atom is 0.250 e. The molecule has 6 nitrogen and oxygen atoms in total. The van der Waals surface area contributed by atoms with Crippen LogP contribution in [-0.4, -0.2) is 32.0 Å². The third-order valence-electron chi connectivity index (χ3n) is 0.901. The molecule has 0 aliphatic rings. The molecule has 0 radical (unpaired) electrons. The van der Waals surface area contributed by atoms with E-state index in [-0.39, 0.29) is 0 Å². The number of rotatable bonds is 4. The Morgan fingerprint density at radius 1 is 1.82 bits per heavy atom. The van der Waals surface area contributed by atoms with Gasteiger partial charge in [-0.3, -0.25) is 8.98 Å². The van der Waals surface area contributed by atoms with E-state index in [1.807, 2.05) is 0 Å². The van der Waals surface area contributed by atoms with Crippen LogP contribution in [0, 0.1) is 0 Å². The molecule has 0 aromatic carbocycles. The van der Waals surface area contributed by atoms with Crippen LogP contribution in [0.3, 0.4) is 0 Å². The van der Waals surface area contributed by atoms with Crippen molar-refractivity contribution in [1.82, 2.24) is 0 Å². The standard InChI is InChI=1S/C4H9NO5S/c1-2(6)3(4(5)7)10-11(8)9/h2-3,6H,1H3,(H2,5,7)(H,8,9)/p-1/t2-,3-/m1/s1. The van der Waals surface area contributed by atoms with Gasteiger partial charge in [-0.1, -0.05) is 0 Å². The molecule has 0 saturated carbocycles. The summed E-state index contributed by atoms with van der Waals surface area (Å²) >= 11 is -2.85. The van der Waals surface area contributed by atoms with E-state index in [0.717, 1.165) is 0 Å². The third-order valence-corrected chi connectivity index (χ3v) is 1.27. The number of amides is 1. The normalized spacial score (nSPS) is 18.8. The fraction of sp³-hybridized carbons (Fsp3) is 0.750. The molecule has 0 fully saturated rings. The highest BCUT2D eigenvalue weighted by atomic mass is 32.2. The topological polar surface area (TPSA) is 113 Å². The van der Waals surface area contributed by atoms with Gasteiger partial charge in [0.2, 0.25) is 0 Å². The molecule has 7 heteroatoms. The fourth-order valence-electron chi connectivity index (χ4n) is 0.450. The van der Waals surface area contributed by atoms with E-state index in [4.69, 9.17) is 5.11 Å². The molecule has 3 N–H and O–H groups in total. The second-order valence-electron chi connectivity index (χ2n) is 1.86. The SMILES string of the molecule is C[C@@H](O)[C@@H](OS(=O)[O-])C(N)=O. The Morgan fingerprint density at radius 3 is 2.36 bits per heavy atom. The van der Waals surface area contributed by atoms with E-state index in [1.54, 1.807) is 0 Å². The maximum absolute atomic E-state index is 10.3. The van der Waals surface area contributed by atoms with E-state index < -0.39 is 29.5 Å². The summed E-state index contributed by atoms with van der Waals surface area (Å²) in [5.41, 5.74) is 4.69. The minimum absolute atomic E-state index is 1.02. The zero-order valence-corrected chi connectivity index (χ0v) is 6.54. The summed E-state index contributed by atoms with van der Waals surface area (Å²) in [5, 5.41) is 8.73. The van der Waals surface area contributed by atoms with Gasteiger partial charge in [-0.15, -0.1) is 0 Å². The summed E-state index contributed by atoms with van der Waals surface area (Å²) in [6.07, 6.45) is -2.75. The Labute approximate surface area is 65.8 Å². The number of hydrogen-bond acceptors (Lipinski definition) is 5. The predicted octanol–water partition coefficient (Wildman–Crippen LogP) is -1.97. The van der Waals surface area contributed by atoms with E-state index in [2.05, 4.69) is 9.92 Å². The van der Waals surface area contributed by atoms with Gasteiger partial charge in [0.05, 0.1) is 17.5 Å². The molecule has 0 rings (SSSR count). The van der Waals surface area contributed by atoms with Crippen molar-refractivity contribution in [2.75, 3.05) is 0 Å². The Hall–Kier alpha value is -0.500. The highest BCUT2D eigenvalue weighted by molar-refractivity contribution is 7.74. The van der Waals surface area contributed by atoms with Crippen molar-refractivity contribution in [2.24, 2.45) is 5.73 Å². The van der Waals surface area contributed by atoms with Crippen LogP contribution in [0.4, 0.5) is 0 Å². The molecule has 66 valence electrons. The van der Waals surface area contributed by atoms with E-state index in [1.165, 1.54) is 6.92 Å². The van der Waals surface area contributed by atoms with Crippen LogP contribution in [0.15, 0.2) is 0 Å². The largest absolute Gasteiger partial charge is 0.750 e. The number of hydrogen-bond donors (Lipinski definition) is 2. The lowest BCUT2D eigenvalue weighted by molar-refractivity contribution is -0.128. The summed E-state index contributed by atoms with van der Waals surface area (Å²) in [4.78, 5) is 10.3. The second kappa shape index (κ2) is 4.39. The first-order valence-electron chi connectivity index (χ1n) is 2.69. The lowest BCUT2D eigenvalue weighted by Crippen LogP contribution is -2.39. The lowest BCUT2D eigenvalue weighted by atomic mass is 10.2. The Morgan fingerprint density at radius 2 is 2.27 bits per heavy atom. The quantitative estimate of drug-likeness (QED) is 0.490. The van der Waals surface area contributed by atoms with Crippen LogP contribution >= 0.6 is 0 Å². The summed E-state index contributed by atoms with van der Waals surface area (Å²) in [6, 6.07) is 0. The Kier molecular flexibility index (Phi) is 4.19. The van der Waals surface area contributed by atoms with E-state index in [0.29, 0.717) is 0 Å². The van der Waals surface area contributed by atoms with Gasteiger partial charge in [0.25, 0.3) is 5.91 Å². The number of aliphatic hydroxyl groups is 1. The van der Waals surface area contributed by atoms with E-state index in [9.17, 15) is 13.6 Å². The molecular weight excluding hydrogens is 174 g/mol. The maximum atomic E-state index is 10.3. The van der Waals surface area contributed by atoms with Crippen LogP contribution in [0.1, 0.15) is 6.92 Å². The smallest absolute Gasteiger partial charge is 0.250 e. The van der Waals surface area contributed by atoms with Gasteiger partial charge in [-0.2, -0.15) is 0 Å². The second-order valence-corrected chi connectivity index (χ2v) is 2.46. The summed E-state index contributed by atoms with van der Waals surface area (Å²) in [5.74, 6) is -1.02. The highest BCUT2D eigenvalue weighted by Gasteiger charge is 2.22. The van der Waals surface area contributed by atoms with Crippen LogP contribution < -0.4 is 5.73 Å². The minimum Gasteiger partial charge on any atom is -0.750 e. The summed E-state index contributed by atoms with van der Waals surface area (Å²) in [7, 11) is 0. The predicted molar refractivity (Wildman–Crippen MR) is 34.7 cm³/mol. The van der Waals surface area contributed by atoms with Crippen molar-refractivity contribution in [3.8, 4) is 0 Å². The van der Waals surface area contributed by atoms with Crippen LogP contribution in [0.2, 0.25) is 0 Å². The molecule has 3 atom stereocenters. The summed E-state index contributed by atoms with van der Waals surface area (Å²) in [6.45, 7) is 1.20. The van der Waals surface area contributed by atoms with Gasteiger partial charge in [0, 0.05) is 0 Å². The molecule has 1 unspecified atom stereocenters. The Balaban J connectivity index is 4.12. The van der Waals surface area contributed by atoms with Gasteiger partial charge in [-0.05, 0) is 6.92 Å². The van der Waals surface area contributed by atoms with Crippen LogP contribution in [0.5, 0.6) is 0 Å². The number of carbonyl (C=O) groups excluding carboxylic acids is 1. The molecular formula is C4H8NO5S-. The molecule has 0 aliphatic heterocycles. The molecule has 11 heavy (non-hydrogen) atoms. The number of nitrogens with two attached hydrogens (primary N) is 1. The van der Waals surface area contributed by atoms with E-state index >= 15 is 0 Å². The molecule has 0 heterocycles. The molecule has 0 aromatic rings. The van der Waals surface area contributed by atoms with Crippen molar-refractivity contribution in [2.45, 2.75) is 19.1 Å². The van der Waals surface area contributed by atoms with Gasteiger partial charge in [0.1, 0.15) is 0 Å². The van der Waals surface area contributed by atoms with Crippen molar-refractivity contribution in [1.29, 1.82) is 0 Å². The average Bonchev–Trinajstić information content (AvgIpc) is 1.81. The number of aliphatic hydroxyl groups excluding tert-OH is 1. The fourth-order valence-corrected chi connectivity index (χ4v) is 0.875. The van der Waals surface area contributed by atoms with Crippen molar-refractivity contribution in [3.05, 3.63) is 0 Å². The monoisotopic (exact) mass is 182 g/mol. The lowest BCUT2D eigenvalue weighted by Gasteiger charge is -2.17. The van der Waals surface area contributed by atoms with Crippen molar-refractivity contribution in [3.63, 3.8) is 0 Å². The van der Waals surface area contributed by atoms with Gasteiger partial charge < -0.3 is 15.4 Å². The molecule has 0 aromatic heterocycles. The van der Waals surface area contributed by atoms with Crippen LogP contribution in [-0.2, 0) is 20.3 Å². The van der Waals surface area contributed by atoms with Crippen molar-refractivity contribution < 1.29 is 22.8 Å². The highest BCUT2D eigenvalue weighted by Crippen LogP contribution is 1.99. The van der Waals surface area contributed by atoms with Gasteiger partial charge in [-0.25, -0.2) is 4.21 Å². The first kappa shape index (κ1) is 10.5. The van der Waals surface area contributed by atoms with Gasteiger partial charge >= 0.3 is 0 Å². The first-order valence-corrected chi connectivity index (χ1v) is 3.69. The van der Waals surface area contributed by atoms with Crippen LogP contribution in [0.25, 0.3) is 0 Å². The molecule has 0 bridgehead atoms. The molecule has 1 amide bonds. The zero-order chi connectivity index (χ0) is 9.02. The molecule has 0 saturated heterocycles. The number of primary amides is 1. The minimum atomic E-state index is -2.85. The Bertz CT molecular complexity index is 170. The molecule has 0 spiro atoms. The van der Waals surface area contributed by atoms with Crippen molar-refractivity contribution >= 4 is 17.3 Å². The first-order chi connectivity index (χ1) is 4.95.